The highest BCUT2D eigenvalue weighted by Crippen LogP contribution is 2.32. The molecule has 0 radical (unpaired) electrons. The van der Waals surface area contributed by atoms with Crippen LogP contribution in [0.3, 0.4) is 0 Å². The van der Waals surface area contributed by atoms with Crippen molar-refractivity contribution < 1.29 is 0 Å². The lowest BCUT2D eigenvalue weighted by Gasteiger charge is -2.24. The van der Waals surface area contributed by atoms with Crippen LogP contribution >= 0.6 is 0 Å². The molecule has 2 aromatic heterocycles. The van der Waals surface area contributed by atoms with Gasteiger partial charge in [-0.15, -0.1) is 0 Å². The van der Waals surface area contributed by atoms with Crippen LogP contribution in [0.1, 0.15) is 30.1 Å². The van der Waals surface area contributed by atoms with Crippen molar-refractivity contribution >= 4 is 5.95 Å². The molecule has 0 bridgehead atoms. The van der Waals surface area contributed by atoms with Gasteiger partial charge in [-0.25, -0.2) is 9.97 Å². The molecule has 0 spiro atoms. The van der Waals surface area contributed by atoms with E-state index in [2.05, 4.69) is 25.9 Å². The fourth-order valence-corrected chi connectivity index (χ4v) is 2.86. The van der Waals surface area contributed by atoms with E-state index < -0.39 is 0 Å². The molecule has 1 aliphatic heterocycles. The Morgan fingerprint density at radius 2 is 2.19 bits per heavy atom. The molecular formula is C16H21N5. The minimum Gasteiger partial charge on any atom is -0.347 e. The van der Waals surface area contributed by atoms with Gasteiger partial charge in [-0.1, -0.05) is 6.07 Å². The Labute approximate surface area is 125 Å². The van der Waals surface area contributed by atoms with E-state index in [-0.39, 0.29) is 0 Å². The molecule has 21 heavy (non-hydrogen) atoms. The van der Waals surface area contributed by atoms with Crippen LogP contribution in [-0.2, 0) is 6.54 Å². The second-order valence-electron chi connectivity index (χ2n) is 5.66. The molecule has 0 N–H and O–H groups in total. The molecular weight excluding hydrogens is 262 g/mol. The second kappa shape index (κ2) is 6.18. The maximum Gasteiger partial charge on any atom is 0.225 e. The van der Waals surface area contributed by atoms with Gasteiger partial charge in [-0.05, 0) is 37.1 Å². The lowest BCUT2D eigenvalue weighted by atomic mass is 10.1. The van der Waals surface area contributed by atoms with Crippen molar-refractivity contribution in [2.45, 2.75) is 25.4 Å². The van der Waals surface area contributed by atoms with Gasteiger partial charge in [0.05, 0.1) is 5.69 Å². The highest BCUT2D eigenvalue weighted by atomic mass is 15.2. The molecule has 0 amide bonds. The molecule has 3 rings (SSSR count). The number of aromatic nitrogens is 3. The van der Waals surface area contributed by atoms with Gasteiger partial charge in [0.2, 0.25) is 5.95 Å². The summed E-state index contributed by atoms with van der Waals surface area (Å²) >= 11 is 0. The van der Waals surface area contributed by atoms with Gasteiger partial charge >= 0.3 is 0 Å². The number of hydrogen-bond donors (Lipinski definition) is 0. The smallest absolute Gasteiger partial charge is 0.225 e. The molecule has 5 nitrogen and oxygen atoms in total. The molecule has 5 heteroatoms. The van der Waals surface area contributed by atoms with E-state index in [1.807, 2.05) is 49.7 Å². The van der Waals surface area contributed by atoms with Gasteiger partial charge in [0, 0.05) is 45.3 Å². The van der Waals surface area contributed by atoms with Crippen molar-refractivity contribution in [1.82, 2.24) is 19.9 Å². The van der Waals surface area contributed by atoms with Crippen molar-refractivity contribution in [3.8, 4) is 0 Å². The van der Waals surface area contributed by atoms with Crippen LogP contribution in [0.4, 0.5) is 5.95 Å². The minimum atomic E-state index is 0.455. The summed E-state index contributed by atoms with van der Waals surface area (Å²) in [4.78, 5) is 17.6. The molecule has 110 valence electrons. The molecule has 1 atom stereocenters. The van der Waals surface area contributed by atoms with Crippen molar-refractivity contribution in [2.75, 3.05) is 25.5 Å². The normalized spacial score (nSPS) is 18.9. The summed E-state index contributed by atoms with van der Waals surface area (Å²) in [5.74, 6) is 0.768. The van der Waals surface area contributed by atoms with Crippen molar-refractivity contribution in [3.05, 3.63) is 48.0 Å². The summed E-state index contributed by atoms with van der Waals surface area (Å²) < 4.78 is 0. The molecule has 0 aromatic carbocycles. The Morgan fingerprint density at radius 1 is 1.29 bits per heavy atom. The van der Waals surface area contributed by atoms with Gasteiger partial charge in [0.15, 0.2) is 0 Å². The molecule has 3 heterocycles. The van der Waals surface area contributed by atoms with Crippen LogP contribution in [0.25, 0.3) is 0 Å². The molecule has 2 aromatic rings. The Balaban J connectivity index is 1.76. The molecule has 0 aliphatic carbocycles. The average Bonchev–Trinajstić information content (AvgIpc) is 2.96. The Hall–Kier alpha value is -2.01. The van der Waals surface area contributed by atoms with E-state index in [9.17, 15) is 0 Å². The van der Waals surface area contributed by atoms with Crippen molar-refractivity contribution in [3.63, 3.8) is 0 Å². The summed E-state index contributed by atoms with van der Waals surface area (Å²) in [7, 11) is 3.93. The first-order valence-corrected chi connectivity index (χ1v) is 7.37. The Bertz CT molecular complexity index is 584. The van der Waals surface area contributed by atoms with Crippen molar-refractivity contribution in [1.29, 1.82) is 0 Å². The maximum absolute atomic E-state index is 4.62. The van der Waals surface area contributed by atoms with Gasteiger partial charge < -0.3 is 4.90 Å². The van der Waals surface area contributed by atoms with Crippen LogP contribution in [0, 0.1) is 0 Å². The number of anilines is 1. The fourth-order valence-electron chi connectivity index (χ4n) is 2.86. The SMILES string of the molecule is CN(C)c1nccc(CN2CCCC2c2cccnc2)n1. The minimum absolute atomic E-state index is 0.455. The first-order chi connectivity index (χ1) is 10.2. The largest absolute Gasteiger partial charge is 0.347 e. The number of nitrogens with zero attached hydrogens (tertiary/aromatic N) is 5. The van der Waals surface area contributed by atoms with E-state index in [1.165, 1.54) is 18.4 Å². The quantitative estimate of drug-likeness (QED) is 0.861. The highest BCUT2D eigenvalue weighted by molar-refractivity contribution is 5.27. The maximum atomic E-state index is 4.62. The zero-order valence-corrected chi connectivity index (χ0v) is 12.6. The van der Waals surface area contributed by atoms with Crippen LogP contribution in [0.15, 0.2) is 36.8 Å². The lowest BCUT2D eigenvalue weighted by Crippen LogP contribution is -2.24. The average molecular weight is 283 g/mol. The van der Waals surface area contributed by atoms with Crippen molar-refractivity contribution in [2.24, 2.45) is 0 Å². The number of pyridine rings is 1. The van der Waals surface area contributed by atoms with E-state index in [1.54, 1.807) is 0 Å². The summed E-state index contributed by atoms with van der Waals surface area (Å²) in [5, 5.41) is 0. The van der Waals surface area contributed by atoms with Gasteiger partial charge in [0.1, 0.15) is 0 Å². The summed E-state index contributed by atoms with van der Waals surface area (Å²) in [6.07, 6.45) is 8.07. The molecule has 1 saturated heterocycles. The van der Waals surface area contributed by atoms with E-state index in [4.69, 9.17) is 0 Å². The van der Waals surface area contributed by atoms with Crippen LogP contribution in [0.2, 0.25) is 0 Å². The monoisotopic (exact) mass is 283 g/mol. The zero-order valence-electron chi connectivity index (χ0n) is 12.6. The third-order valence-electron chi connectivity index (χ3n) is 3.90. The van der Waals surface area contributed by atoms with Gasteiger partial charge in [0.25, 0.3) is 0 Å². The van der Waals surface area contributed by atoms with Gasteiger partial charge in [-0.3, -0.25) is 9.88 Å². The van der Waals surface area contributed by atoms with E-state index in [0.717, 1.165) is 24.7 Å². The Kier molecular flexibility index (Phi) is 4.10. The molecule has 1 aliphatic rings. The van der Waals surface area contributed by atoms with Crippen LogP contribution < -0.4 is 4.90 Å². The molecule has 1 unspecified atom stereocenters. The number of rotatable bonds is 4. The van der Waals surface area contributed by atoms with Gasteiger partial charge in [-0.2, -0.15) is 0 Å². The van der Waals surface area contributed by atoms with E-state index >= 15 is 0 Å². The Morgan fingerprint density at radius 3 is 2.95 bits per heavy atom. The lowest BCUT2D eigenvalue weighted by molar-refractivity contribution is 0.245. The summed E-state index contributed by atoms with van der Waals surface area (Å²) in [5.41, 5.74) is 2.38. The molecule has 1 fully saturated rings. The first kappa shape index (κ1) is 13.9. The predicted octanol–water partition coefficient (Wildman–Crippen LogP) is 2.27. The topological polar surface area (TPSA) is 45.2 Å². The van der Waals surface area contributed by atoms with Crippen LogP contribution in [-0.4, -0.2) is 40.5 Å². The third-order valence-corrected chi connectivity index (χ3v) is 3.90. The second-order valence-corrected chi connectivity index (χ2v) is 5.66. The summed E-state index contributed by atoms with van der Waals surface area (Å²) in [6.45, 7) is 1.98. The highest BCUT2D eigenvalue weighted by Gasteiger charge is 2.26. The number of hydrogen-bond acceptors (Lipinski definition) is 5. The third kappa shape index (κ3) is 3.19. The number of likely N-dealkylation sites (tertiary alicyclic amines) is 1. The van der Waals surface area contributed by atoms with E-state index in [0.29, 0.717) is 6.04 Å². The van der Waals surface area contributed by atoms with Crippen LogP contribution in [0.5, 0.6) is 0 Å². The fraction of sp³-hybridized carbons (Fsp3) is 0.438. The predicted molar refractivity (Wildman–Crippen MR) is 83.0 cm³/mol. The first-order valence-electron chi connectivity index (χ1n) is 7.37. The summed E-state index contributed by atoms with van der Waals surface area (Å²) in [6, 6.07) is 6.64. The zero-order chi connectivity index (χ0) is 14.7. The molecule has 0 saturated carbocycles. The standard InChI is InChI=1S/C16H21N5/c1-20(2)16-18-9-7-14(19-16)12-21-10-4-6-15(21)13-5-3-8-17-11-13/h3,5,7-9,11,15H,4,6,10,12H2,1-2H3.